The molecule has 0 radical (unpaired) electrons. The Morgan fingerprint density at radius 1 is 0.839 bits per heavy atom. The number of ether oxygens (including phenoxy) is 2. The number of hydrogen-bond donors (Lipinski definition) is 0. The summed E-state index contributed by atoms with van der Waals surface area (Å²) in [5.74, 6) is 1.19. The number of carbonyl (C=O) groups is 1. The quantitative estimate of drug-likeness (QED) is 0.572. The number of methoxy groups -OCH3 is 2. The summed E-state index contributed by atoms with van der Waals surface area (Å²) >= 11 is 0. The molecule has 1 heterocycles. The molecule has 0 fully saturated rings. The van der Waals surface area contributed by atoms with Gasteiger partial charge in [0.1, 0.15) is 0 Å². The van der Waals surface area contributed by atoms with Crippen LogP contribution in [0.1, 0.15) is 29.8 Å². The van der Waals surface area contributed by atoms with Gasteiger partial charge in [-0.05, 0) is 41.5 Å². The van der Waals surface area contributed by atoms with Gasteiger partial charge in [0, 0.05) is 16.5 Å². The van der Waals surface area contributed by atoms with Crippen molar-refractivity contribution in [1.82, 2.24) is 5.01 Å². The Balaban J connectivity index is 1.66. The van der Waals surface area contributed by atoms with Crippen LogP contribution in [0.4, 0.5) is 0 Å². The molecule has 1 aliphatic rings. The van der Waals surface area contributed by atoms with E-state index >= 15 is 0 Å². The third kappa shape index (κ3) is 4.04. The normalized spacial score (nSPS) is 14.8. The maximum absolute atomic E-state index is 13.3. The lowest BCUT2D eigenvalue weighted by atomic mass is 9.84. The molecule has 5 heteroatoms. The van der Waals surface area contributed by atoms with E-state index in [2.05, 4.69) is 13.8 Å². The Morgan fingerprint density at radius 3 is 2.26 bits per heavy atom. The van der Waals surface area contributed by atoms with Gasteiger partial charge in [0.15, 0.2) is 11.5 Å². The molecule has 158 valence electrons. The first kappa shape index (κ1) is 20.7. The fraction of sp³-hybridized carbons (Fsp3) is 0.231. The molecule has 5 nitrogen and oxygen atoms in total. The standard InChI is InChI=1S/C26H26N2O3/c1-26(2)17-28(27-24(26)20-13-14-22(30-3)23(16-20)31-4)25(29)21-12-8-11-19(15-21)18-9-6-5-7-10-18/h5-16H,17H2,1-4H3. The molecule has 0 spiro atoms. The zero-order valence-corrected chi connectivity index (χ0v) is 18.3. The number of hydrogen-bond acceptors (Lipinski definition) is 4. The van der Waals surface area contributed by atoms with E-state index in [1.54, 1.807) is 19.2 Å². The van der Waals surface area contributed by atoms with Crippen LogP contribution in [-0.2, 0) is 0 Å². The molecule has 0 aliphatic carbocycles. The lowest BCUT2D eigenvalue weighted by Gasteiger charge is -2.21. The number of hydrazone groups is 1. The maximum Gasteiger partial charge on any atom is 0.274 e. The van der Waals surface area contributed by atoms with Crippen LogP contribution in [0.2, 0.25) is 0 Å². The van der Waals surface area contributed by atoms with Gasteiger partial charge in [-0.25, -0.2) is 5.01 Å². The third-order valence-electron chi connectivity index (χ3n) is 5.51. The second-order valence-corrected chi connectivity index (χ2v) is 8.21. The van der Waals surface area contributed by atoms with Crippen molar-refractivity contribution in [3.05, 3.63) is 83.9 Å². The zero-order chi connectivity index (χ0) is 22.0. The predicted molar refractivity (Wildman–Crippen MR) is 123 cm³/mol. The average molecular weight is 415 g/mol. The lowest BCUT2D eigenvalue weighted by Crippen LogP contribution is -2.31. The van der Waals surface area contributed by atoms with Crippen molar-refractivity contribution in [1.29, 1.82) is 0 Å². The molecule has 1 amide bonds. The Bertz CT molecular complexity index is 1140. The van der Waals surface area contributed by atoms with Crippen LogP contribution in [0.5, 0.6) is 11.5 Å². The highest BCUT2D eigenvalue weighted by atomic mass is 16.5. The van der Waals surface area contributed by atoms with E-state index in [4.69, 9.17) is 14.6 Å². The summed E-state index contributed by atoms with van der Waals surface area (Å²) in [6.07, 6.45) is 0. The first-order chi connectivity index (χ1) is 14.9. The minimum atomic E-state index is -0.299. The molecule has 0 bridgehead atoms. The van der Waals surface area contributed by atoms with Gasteiger partial charge in [-0.15, -0.1) is 0 Å². The molecule has 0 atom stereocenters. The van der Waals surface area contributed by atoms with Crippen LogP contribution in [0.3, 0.4) is 0 Å². The van der Waals surface area contributed by atoms with Crippen molar-refractivity contribution in [2.45, 2.75) is 13.8 Å². The van der Waals surface area contributed by atoms with Crippen molar-refractivity contribution < 1.29 is 14.3 Å². The van der Waals surface area contributed by atoms with E-state index in [1.807, 2.05) is 72.8 Å². The van der Waals surface area contributed by atoms with Gasteiger partial charge in [0.2, 0.25) is 0 Å². The van der Waals surface area contributed by atoms with Crippen molar-refractivity contribution in [2.24, 2.45) is 10.5 Å². The van der Waals surface area contributed by atoms with Crippen molar-refractivity contribution >= 4 is 11.6 Å². The summed E-state index contributed by atoms with van der Waals surface area (Å²) in [5.41, 5.74) is 4.17. The molecular formula is C26H26N2O3. The van der Waals surface area contributed by atoms with Crippen LogP contribution < -0.4 is 9.47 Å². The first-order valence-electron chi connectivity index (χ1n) is 10.2. The molecule has 0 saturated heterocycles. The van der Waals surface area contributed by atoms with Crippen molar-refractivity contribution in [3.8, 4) is 22.6 Å². The fourth-order valence-corrected chi connectivity index (χ4v) is 3.90. The van der Waals surface area contributed by atoms with Crippen LogP contribution >= 0.6 is 0 Å². The molecular weight excluding hydrogens is 388 g/mol. The Morgan fingerprint density at radius 2 is 1.55 bits per heavy atom. The SMILES string of the molecule is COc1ccc(C2=NN(C(=O)c3cccc(-c4ccccc4)c3)CC2(C)C)cc1OC. The van der Waals surface area contributed by atoms with Crippen LogP contribution in [0.15, 0.2) is 77.9 Å². The largest absolute Gasteiger partial charge is 0.493 e. The van der Waals surface area contributed by atoms with E-state index in [1.165, 1.54) is 0 Å². The second-order valence-electron chi connectivity index (χ2n) is 8.21. The van der Waals surface area contributed by atoms with Gasteiger partial charge < -0.3 is 9.47 Å². The van der Waals surface area contributed by atoms with E-state index in [-0.39, 0.29) is 11.3 Å². The molecule has 3 aromatic carbocycles. The maximum atomic E-state index is 13.3. The predicted octanol–water partition coefficient (Wildman–Crippen LogP) is 5.26. The van der Waals surface area contributed by atoms with E-state index in [0.29, 0.717) is 23.6 Å². The van der Waals surface area contributed by atoms with Crippen LogP contribution in [0, 0.1) is 5.41 Å². The lowest BCUT2D eigenvalue weighted by molar-refractivity contribution is 0.0753. The molecule has 1 aliphatic heterocycles. The highest BCUT2D eigenvalue weighted by molar-refractivity contribution is 6.08. The highest BCUT2D eigenvalue weighted by Crippen LogP contribution is 2.35. The number of rotatable bonds is 5. The summed E-state index contributed by atoms with van der Waals surface area (Å²) in [6, 6.07) is 23.4. The summed E-state index contributed by atoms with van der Waals surface area (Å²) in [7, 11) is 3.22. The minimum Gasteiger partial charge on any atom is -0.493 e. The number of amides is 1. The Labute approximate surface area is 182 Å². The highest BCUT2D eigenvalue weighted by Gasteiger charge is 2.38. The zero-order valence-electron chi connectivity index (χ0n) is 18.3. The van der Waals surface area contributed by atoms with Crippen LogP contribution in [0.25, 0.3) is 11.1 Å². The molecule has 0 unspecified atom stereocenters. The van der Waals surface area contributed by atoms with Gasteiger partial charge >= 0.3 is 0 Å². The van der Waals surface area contributed by atoms with E-state index in [0.717, 1.165) is 22.4 Å². The topological polar surface area (TPSA) is 51.1 Å². The summed E-state index contributed by atoms with van der Waals surface area (Å²) in [6.45, 7) is 4.69. The van der Waals surface area contributed by atoms with Crippen LogP contribution in [-0.4, -0.2) is 37.4 Å². The Hall–Kier alpha value is -3.60. The van der Waals surface area contributed by atoms with E-state index < -0.39 is 0 Å². The van der Waals surface area contributed by atoms with Gasteiger partial charge in [-0.3, -0.25) is 4.79 Å². The average Bonchev–Trinajstić information content (AvgIpc) is 3.13. The molecule has 0 aromatic heterocycles. The fourth-order valence-electron chi connectivity index (χ4n) is 3.90. The smallest absolute Gasteiger partial charge is 0.274 e. The molecule has 0 saturated carbocycles. The second kappa shape index (κ2) is 8.26. The third-order valence-corrected chi connectivity index (χ3v) is 5.51. The first-order valence-corrected chi connectivity index (χ1v) is 10.2. The number of benzene rings is 3. The Kier molecular flexibility index (Phi) is 5.51. The monoisotopic (exact) mass is 414 g/mol. The molecule has 4 rings (SSSR count). The van der Waals surface area contributed by atoms with Crippen molar-refractivity contribution in [2.75, 3.05) is 20.8 Å². The molecule has 31 heavy (non-hydrogen) atoms. The van der Waals surface area contributed by atoms with Crippen molar-refractivity contribution in [3.63, 3.8) is 0 Å². The van der Waals surface area contributed by atoms with Gasteiger partial charge in [0.05, 0.1) is 26.5 Å². The summed E-state index contributed by atoms with van der Waals surface area (Å²) < 4.78 is 10.8. The van der Waals surface area contributed by atoms with E-state index in [9.17, 15) is 4.79 Å². The number of carbonyl (C=O) groups excluding carboxylic acids is 1. The minimum absolute atomic E-state index is 0.110. The molecule has 0 N–H and O–H groups in total. The van der Waals surface area contributed by atoms with Gasteiger partial charge in [-0.2, -0.15) is 5.10 Å². The molecule has 3 aromatic rings. The summed E-state index contributed by atoms with van der Waals surface area (Å²) in [5, 5.41) is 6.29. The number of nitrogens with zero attached hydrogens (tertiary/aromatic N) is 2. The van der Waals surface area contributed by atoms with Gasteiger partial charge in [-0.1, -0.05) is 56.3 Å². The van der Waals surface area contributed by atoms with Gasteiger partial charge in [0.25, 0.3) is 5.91 Å². The summed E-state index contributed by atoms with van der Waals surface area (Å²) in [4.78, 5) is 13.3.